The van der Waals surface area contributed by atoms with Gasteiger partial charge in [0.05, 0.1) is 66.0 Å². The minimum Gasteiger partial charge on any atom is -0.550 e. The molecule has 2 aliphatic heterocycles. The summed E-state index contributed by atoms with van der Waals surface area (Å²) < 4.78 is 23.3. The summed E-state index contributed by atoms with van der Waals surface area (Å²) >= 11 is 0. The van der Waals surface area contributed by atoms with E-state index in [0.717, 1.165) is 10.6 Å². The van der Waals surface area contributed by atoms with E-state index in [0.29, 0.717) is 0 Å². The fraction of sp³-hybridized carbons (Fsp3) is 0.833. The fourth-order valence-electron chi connectivity index (χ4n) is 8.29. The normalized spacial score (nSPS) is 28.9. The van der Waals surface area contributed by atoms with Crippen molar-refractivity contribution in [3.05, 3.63) is 0 Å². The Morgan fingerprint density at radius 2 is 0.920 bits per heavy atom. The quantitative estimate of drug-likeness (QED) is 0.0235. The van der Waals surface area contributed by atoms with Gasteiger partial charge in [0.1, 0.15) is 66.6 Å². The lowest BCUT2D eigenvalue weighted by atomic mass is 9.81. The number of carbonyl (C=O) groups is 6. The van der Waals surface area contributed by atoms with Crippen LogP contribution in [0, 0.1) is 27.1 Å². The molecular formula is C48H92N10O30. The molecule has 0 radical (unpaired) electrons. The summed E-state index contributed by atoms with van der Waals surface area (Å²) in [7, 11) is 1.57. The zero-order valence-electron chi connectivity index (χ0n) is 49.0. The van der Waals surface area contributed by atoms with Crippen LogP contribution < -0.4 is 58.7 Å². The summed E-state index contributed by atoms with van der Waals surface area (Å²) in [4.78, 5) is 64.0. The molecule has 3 unspecified atom stereocenters. The molecule has 32 N–H and O–H groups in total. The van der Waals surface area contributed by atoms with Crippen molar-refractivity contribution in [1.29, 1.82) is 10.8 Å². The highest BCUT2D eigenvalue weighted by Crippen LogP contribution is 2.38. The maximum atomic E-state index is 11.3. The lowest BCUT2D eigenvalue weighted by molar-refractivity contribution is -0.696. The Bertz CT molecular complexity index is 2060. The molecule has 40 nitrogen and oxygen atoms in total. The van der Waals surface area contributed by atoms with Crippen molar-refractivity contribution >= 4 is 47.5 Å². The van der Waals surface area contributed by atoms with Crippen LogP contribution >= 0.6 is 0 Å². The highest BCUT2D eigenvalue weighted by molar-refractivity contribution is 5.83. The molecule has 88 heavy (non-hydrogen) atoms. The molecule has 1 aliphatic carbocycles. The maximum absolute atomic E-state index is 11.3. The second-order valence-electron chi connectivity index (χ2n) is 21.8. The molecule has 0 bridgehead atoms. The number of nitrogens with two attached hydrogens (primary N) is 5. The van der Waals surface area contributed by atoms with Crippen molar-refractivity contribution in [1.82, 2.24) is 16.0 Å². The number of amides is 3. The molecule has 18 atom stereocenters. The number of ether oxygens (including phenoxy) is 4. The number of hydrogen-bond donors (Lipinski definition) is 27. The second kappa shape index (κ2) is 38.5. The molecule has 3 fully saturated rings. The summed E-state index contributed by atoms with van der Waals surface area (Å²) in [6.07, 6.45) is -22.2. The van der Waals surface area contributed by atoms with Crippen LogP contribution in [-0.2, 0) is 47.7 Å². The minimum absolute atomic E-state index is 0.175. The molecule has 2 saturated heterocycles. The van der Waals surface area contributed by atoms with E-state index in [2.05, 4.69) is 16.0 Å². The second-order valence-corrected chi connectivity index (χ2v) is 21.8. The van der Waals surface area contributed by atoms with Gasteiger partial charge in [0, 0.05) is 73.0 Å². The minimum atomic E-state index is -2.12. The SMILES string of the molecule is CC(CO)(CO)C(O)C(=O)NCCC(=O)[O-].CC(CO)(CO)C(O)C(=O)NCCC(=O)[O-].CC(CO)(CO)C(O)C(=O)NCCC(=O)[O-].C[NH2+][C@@H]1[C@H](O[C@H]2[C@H](O[C@H]3[C@H](O)[C@@H](O)[C@H]([NH2+]C(=N)N)[C@@H](O)[C@@H]3[NH2+]C(=N)N)O[C@@H](C)[C@]2(O)CO)O[C@@H](CO)[C@H](O)[C@H]1O. The highest BCUT2D eigenvalue weighted by atomic mass is 16.8. The summed E-state index contributed by atoms with van der Waals surface area (Å²) in [5.41, 5.74) is 4.74. The number of aliphatic hydroxyl groups is 17. The van der Waals surface area contributed by atoms with Gasteiger partial charge in [0.15, 0.2) is 30.5 Å². The summed E-state index contributed by atoms with van der Waals surface area (Å²) in [5, 5.41) is 222. The molecule has 3 amide bonds. The van der Waals surface area contributed by atoms with Crippen LogP contribution in [-0.4, -0.2) is 323 Å². The van der Waals surface area contributed by atoms with Crippen molar-refractivity contribution in [3.8, 4) is 0 Å². The molecule has 0 aromatic heterocycles. The van der Waals surface area contributed by atoms with Gasteiger partial charge in [-0.05, 0) is 6.92 Å². The molecule has 0 aromatic carbocycles. The van der Waals surface area contributed by atoms with Gasteiger partial charge in [-0.3, -0.25) is 25.0 Å². The first-order valence-corrected chi connectivity index (χ1v) is 27.1. The van der Waals surface area contributed by atoms with Gasteiger partial charge in [0.25, 0.3) is 11.9 Å². The molecule has 0 aromatic rings. The number of quaternary nitrogens is 3. The van der Waals surface area contributed by atoms with Crippen molar-refractivity contribution in [2.24, 2.45) is 27.7 Å². The van der Waals surface area contributed by atoms with Crippen molar-refractivity contribution in [3.63, 3.8) is 0 Å². The lowest BCUT2D eigenvalue weighted by Gasteiger charge is -2.44. The van der Waals surface area contributed by atoms with Gasteiger partial charge >= 0.3 is 0 Å². The number of carboxylic acid groups (broad SMARTS) is 3. The van der Waals surface area contributed by atoms with Crippen molar-refractivity contribution in [2.45, 2.75) is 157 Å². The molecule has 0 spiro atoms. The van der Waals surface area contributed by atoms with E-state index in [1.165, 1.54) is 33.0 Å². The number of aliphatic carboxylic acids is 3. The first-order chi connectivity index (χ1) is 40.8. The Balaban J connectivity index is 0.00000130. The Hall–Kier alpha value is -5.20. The summed E-state index contributed by atoms with van der Waals surface area (Å²) in [5.74, 6) is -7.45. The van der Waals surface area contributed by atoms with Crippen LogP contribution in [0.5, 0.6) is 0 Å². The van der Waals surface area contributed by atoms with E-state index in [-0.39, 0.29) is 38.9 Å². The molecule has 3 aliphatic rings. The van der Waals surface area contributed by atoms with Crippen molar-refractivity contribution in [2.75, 3.05) is 79.5 Å². The van der Waals surface area contributed by atoms with E-state index in [9.17, 15) is 100 Å². The summed E-state index contributed by atoms with van der Waals surface area (Å²) in [6.45, 7) is -0.109. The van der Waals surface area contributed by atoms with Crippen LogP contribution in [0.15, 0.2) is 0 Å². The molecular weight excluding hydrogens is 1200 g/mol. The Labute approximate surface area is 503 Å². The third kappa shape index (κ3) is 23.6. The third-order valence-corrected chi connectivity index (χ3v) is 14.7. The Kier molecular flexibility index (Phi) is 36.2. The lowest BCUT2D eigenvalue weighted by Crippen LogP contribution is -3.08. The molecule has 1 saturated carbocycles. The number of carboxylic acids is 3. The number of nitrogens with one attached hydrogen (secondary N) is 5. The van der Waals surface area contributed by atoms with Crippen LogP contribution in [0.1, 0.15) is 47.0 Å². The number of guanidine groups is 2. The first-order valence-electron chi connectivity index (χ1n) is 27.1. The maximum Gasteiger partial charge on any atom is 0.289 e. The van der Waals surface area contributed by atoms with Crippen LogP contribution in [0.25, 0.3) is 0 Å². The van der Waals surface area contributed by atoms with Gasteiger partial charge in [-0.25, -0.2) is 10.8 Å². The van der Waals surface area contributed by atoms with Gasteiger partial charge in [0.2, 0.25) is 24.0 Å². The Morgan fingerprint density at radius 1 is 0.568 bits per heavy atom. The van der Waals surface area contributed by atoms with E-state index in [1.807, 2.05) is 0 Å². The number of hydrogen-bond acceptors (Lipinski definition) is 32. The predicted molar refractivity (Wildman–Crippen MR) is 282 cm³/mol. The zero-order valence-corrected chi connectivity index (χ0v) is 49.0. The highest BCUT2D eigenvalue weighted by Gasteiger charge is 2.62. The predicted octanol–water partition coefficient (Wildman–Crippen LogP) is -21.2. The average molecular weight is 1290 g/mol. The van der Waals surface area contributed by atoms with Gasteiger partial charge in [-0.2, -0.15) is 0 Å². The molecule has 514 valence electrons. The number of rotatable bonds is 30. The average Bonchev–Trinajstić information content (AvgIpc) is 2.56. The third-order valence-electron chi connectivity index (χ3n) is 14.7. The van der Waals surface area contributed by atoms with E-state index in [1.54, 1.807) is 7.05 Å². The van der Waals surface area contributed by atoms with Crippen LogP contribution in [0.2, 0.25) is 0 Å². The zero-order chi connectivity index (χ0) is 68.4. The fourth-order valence-corrected chi connectivity index (χ4v) is 8.29. The van der Waals surface area contributed by atoms with Gasteiger partial charge in [-0.15, -0.1) is 0 Å². The molecule has 3 rings (SSSR count). The number of aliphatic hydroxyl groups excluding tert-OH is 16. The monoisotopic (exact) mass is 1290 g/mol. The largest absolute Gasteiger partial charge is 0.550 e. The summed E-state index contributed by atoms with van der Waals surface area (Å²) in [6, 6.07) is -3.42. The van der Waals surface area contributed by atoms with E-state index in [4.69, 9.17) is 71.9 Å². The smallest absolute Gasteiger partial charge is 0.289 e. The first kappa shape index (κ1) is 82.8. The van der Waals surface area contributed by atoms with Crippen LogP contribution in [0.4, 0.5) is 0 Å². The molecule has 2 heterocycles. The Morgan fingerprint density at radius 3 is 1.23 bits per heavy atom. The van der Waals surface area contributed by atoms with E-state index < -0.39 is 226 Å². The number of carbonyl (C=O) groups excluding carboxylic acids is 6. The standard InChI is InChI=1S/C21H41N7O12.3C9H17NO6/c1-5-21(36,4-30)16(40-17-9(26-2)13(34)10(31)6(3-29)38-17)18(37-5)39-15-8(28-20(24)25)11(32)7(27-19(22)23)12(33)14(15)35;3*1-9(4-11,5-12)7(15)8(16)10-3-2-6(13)14/h5-18,26,29-36H,3-4H2,1-2H3,(H4,22,23,27)(H4,24,25,28);3*7,11-12,15H,2-5H2,1H3,(H,10,16)(H,13,14)/t5-,6-,7+,8-,9-,10-,11+,12-,13-,14+,15+,16-,17-,18-,21+;;;/m0.../s1. The van der Waals surface area contributed by atoms with Crippen LogP contribution in [0.3, 0.4) is 0 Å². The number of likely N-dealkylation sites (N-methyl/N-ethyl adjacent to an activating group) is 1. The van der Waals surface area contributed by atoms with Gasteiger partial charge in [-0.1, -0.05) is 20.8 Å². The topological polar surface area (TPSA) is 738 Å². The van der Waals surface area contributed by atoms with E-state index >= 15 is 0 Å². The van der Waals surface area contributed by atoms with Gasteiger partial charge < -0.3 is 168 Å². The van der Waals surface area contributed by atoms with Crippen molar-refractivity contribution < 1.29 is 166 Å². The molecule has 40 heteroatoms.